The van der Waals surface area contributed by atoms with Gasteiger partial charge in [-0.1, -0.05) is 77.5 Å². The molecule has 0 bridgehead atoms. The van der Waals surface area contributed by atoms with E-state index in [0.717, 1.165) is 30.4 Å². The molecule has 2 aromatic carbocycles. The van der Waals surface area contributed by atoms with E-state index in [0.29, 0.717) is 17.1 Å². The minimum Gasteiger partial charge on any atom is -0.478 e. The van der Waals surface area contributed by atoms with Crippen molar-refractivity contribution in [2.24, 2.45) is 5.92 Å². The molecule has 3 rings (SSSR count). The normalized spacial score (nSPS) is 15.8. The number of fused-ring (bicyclic) bond motifs is 1. The van der Waals surface area contributed by atoms with Gasteiger partial charge in [0.2, 0.25) is 6.36 Å². The summed E-state index contributed by atoms with van der Waals surface area (Å²) < 4.78 is 18.0. The lowest BCUT2D eigenvalue weighted by Gasteiger charge is -2.28. The van der Waals surface area contributed by atoms with Gasteiger partial charge in [-0.15, -0.1) is 0 Å². The molecule has 0 aliphatic heterocycles. The smallest absolute Gasteiger partial charge is 0.337 e. The van der Waals surface area contributed by atoms with E-state index in [2.05, 4.69) is 43.9 Å². The Morgan fingerprint density at radius 1 is 1.13 bits per heavy atom. The topological polar surface area (TPSA) is 58.6 Å². The lowest BCUT2D eigenvalue weighted by atomic mass is 9.77. The number of halogens is 1. The predicted molar refractivity (Wildman–Crippen MR) is 158 cm³/mol. The van der Waals surface area contributed by atoms with Crippen molar-refractivity contribution < 1.29 is 19.0 Å². The summed E-state index contributed by atoms with van der Waals surface area (Å²) in [5.41, 5.74) is 5.61. The highest BCUT2D eigenvalue weighted by Crippen LogP contribution is 2.34. The van der Waals surface area contributed by atoms with Crippen LogP contribution in [0.15, 0.2) is 78.0 Å². The van der Waals surface area contributed by atoms with Gasteiger partial charge in [-0.25, -0.2) is 9.18 Å². The summed E-state index contributed by atoms with van der Waals surface area (Å²) in [5, 5.41) is 13.2. The Hall–Kier alpha value is -3.34. The van der Waals surface area contributed by atoms with E-state index in [-0.39, 0.29) is 11.5 Å². The largest absolute Gasteiger partial charge is 0.478 e. The number of allylic oxidation sites excluding steroid dienone is 2. The van der Waals surface area contributed by atoms with Gasteiger partial charge in [0.1, 0.15) is 5.75 Å². The molecule has 0 fully saturated rings. The molecule has 0 aromatic heterocycles. The number of nitrogens with one attached hydrogen (secondary N) is 1. The van der Waals surface area contributed by atoms with E-state index in [1.807, 2.05) is 32.9 Å². The Kier molecular flexibility index (Phi) is 14.8. The van der Waals surface area contributed by atoms with Crippen LogP contribution in [0.5, 0.6) is 5.75 Å². The third-order valence-corrected chi connectivity index (χ3v) is 6.31. The van der Waals surface area contributed by atoms with Crippen LogP contribution in [0.25, 0.3) is 5.70 Å². The molecule has 2 aromatic rings. The third-order valence-electron chi connectivity index (χ3n) is 6.31. The summed E-state index contributed by atoms with van der Waals surface area (Å²) in [7, 11) is 0. The van der Waals surface area contributed by atoms with Gasteiger partial charge < -0.3 is 15.2 Å². The Bertz CT molecular complexity index is 1080. The van der Waals surface area contributed by atoms with Crippen molar-refractivity contribution in [1.82, 2.24) is 5.32 Å². The molecule has 0 saturated carbocycles. The number of aryl methyl sites for hydroxylation is 1. The van der Waals surface area contributed by atoms with E-state index in [1.54, 1.807) is 31.2 Å². The highest BCUT2D eigenvalue weighted by Gasteiger charge is 2.27. The van der Waals surface area contributed by atoms with Crippen LogP contribution in [0.3, 0.4) is 0 Å². The zero-order valence-electron chi connectivity index (χ0n) is 24.2. The Labute approximate surface area is 229 Å². The fourth-order valence-electron chi connectivity index (χ4n) is 4.33. The van der Waals surface area contributed by atoms with E-state index in [1.165, 1.54) is 30.9 Å². The minimum absolute atomic E-state index is 0.144. The number of carboxylic acid groups (broad SMARTS) is 1. The standard InChI is InChI=1S/C27H30FNO3.C4H10.C2H6/c1-5-25(23-11-10-21-8-6-7-9-22(21)16-23)26(27(30)31)18(3)29-17(2)20-12-14-24(15-13-20)32-19(4)28;1-3-4-2;1-2/h5-9,12-15,19,23,29H,2,10-11,16H2,1,3-4H3,(H,30,31);3-4H2,1-2H3;1-2H3/b25-5-,26-18-;;. The molecule has 1 aliphatic rings. The Balaban J connectivity index is 0.00000110. The molecule has 0 heterocycles. The molecule has 208 valence electrons. The number of rotatable bonds is 9. The van der Waals surface area contributed by atoms with Gasteiger partial charge in [-0.05, 0) is 85.6 Å². The van der Waals surface area contributed by atoms with Crippen molar-refractivity contribution in [1.29, 1.82) is 0 Å². The number of carboxylic acids is 1. The molecule has 0 radical (unpaired) electrons. The summed E-state index contributed by atoms with van der Waals surface area (Å²) in [5.74, 6) is -0.399. The Morgan fingerprint density at radius 3 is 2.21 bits per heavy atom. The van der Waals surface area contributed by atoms with Gasteiger partial charge in [-0.2, -0.15) is 0 Å². The third kappa shape index (κ3) is 9.85. The molecule has 2 unspecified atom stereocenters. The fraction of sp³-hybridized carbons (Fsp3) is 0.424. The molecule has 0 amide bonds. The van der Waals surface area contributed by atoms with Crippen molar-refractivity contribution >= 4 is 11.7 Å². The number of aliphatic carboxylic acids is 1. The molecule has 1 aliphatic carbocycles. The van der Waals surface area contributed by atoms with Gasteiger partial charge in [0.05, 0.1) is 5.57 Å². The summed E-state index contributed by atoms with van der Waals surface area (Å²) in [4.78, 5) is 12.3. The second kappa shape index (κ2) is 17.2. The second-order valence-corrected chi connectivity index (χ2v) is 9.05. The summed E-state index contributed by atoms with van der Waals surface area (Å²) in [6.07, 6.45) is 5.85. The molecule has 5 heteroatoms. The van der Waals surface area contributed by atoms with Crippen LogP contribution in [0.1, 0.15) is 84.4 Å². The molecular weight excluding hydrogens is 477 g/mol. The van der Waals surface area contributed by atoms with Gasteiger partial charge >= 0.3 is 5.97 Å². The monoisotopic (exact) mass is 523 g/mol. The summed E-state index contributed by atoms with van der Waals surface area (Å²) >= 11 is 0. The summed E-state index contributed by atoms with van der Waals surface area (Å²) in [6.45, 7) is 17.4. The molecule has 2 atom stereocenters. The van der Waals surface area contributed by atoms with Crippen LogP contribution in [0, 0.1) is 5.92 Å². The van der Waals surface area contributed by atoms with Crippen molar-refractivity contribution in [3.63, 3.8) is 0 Å². The molecule has 2 N–H and O–H groups in total. The minimum atomic E-state index is -1.39. The molecule has 4 nitrogen and oxygen atoms in total. The quantitative estimate of drug-likeness (QED) is 0.254. The number of alkyl halides is 1. The predicted octanol–water partition coefficient (Wildman–Crippen LogP) is 8.88. The number of carbonyl (C=O) groups is 1. The van der Waals surface area contributed by atoms with Crippen molar-refractivity contribution in [2.75, 3.05) is 0 Å². The first-order chi connectivity index (χ1) is 18.2. The van der Waals surface area contributed by atoms with Crippen molar-refractivity contribution in [3.8, 4) is 5.75 Å². The molecule has 0 spiro atoms. The maximum Gasteiger partial charge on any atom is 0.337 e. The number of unbranched alkanes of at least 4 members (excludes halogenated alkanes) is 1. The number of ether oxygens (including phenoxy) is 1. The van der Waals surface area contributed by atoms with E-state index in [9.17, 15) is 14.3 Å². The maximum absolute atomic E-state index is 13.0. The van der Waals surface area contributed by atoms with Gasteiger partial charge in [0.25, 0.3) is 0 Å². The van der Waals surface area contributed by atoms with Crippen LogP contribution >= 0.6 is 0 Å². The molecular formula is C33H46FNO3. The number of benzene rings is 2. The lowest BCUT2D eigenvalue weighted by Crippen LogP contribution is -2.23. The fourth-order valence-corrected chi connectivity index (χ4v) is 4.33. The van der Waals surface area contributed by atoms with Crippen LogP contribution in [0.2, 0.25) is 0 Å². The maximum atomic E-state index is 13.0. The van der Waals surface area contributed by atoms with Crippen LogP contribution in [-0.2, 0) is 17.6 Å². The average molecular weight is 524 g/mol. The molecule has 0 saturated heterocycles. The molecule has 38 heavy (non-hydrogen) atoms. The lowest BCUT2D eigenvalue weighted by molar-refractivity contribution is -0.132. The Morgan fingerprint density at radius 2 is 1.71 bits per heavy atom. The first-order valence-corrected chi connectivity index (χ1v) is 13.8. The first-order valence-electron chi connectivity index (χ1n) is 13.8. The first kappa shape index (κ1) is 32.7. The number of hydrogen-bond donors (Lipinski definition) is 2. The van der Waals surface area contributed by atoms with Crippen molar-refractivity contribution in [2.45, 2.75) is 86.9 Å². The van der Waals surface area contributed by atoms with Gasteiger partial charge in [0.15, 0.2) is 0 Å². The van der Waals surface area contributed by atoms with Crippen LogP contribution in [-0.4, -0.2) is 17.4 Å². The second-order valence-electron chi connectivity index (χ2n) is 9.05. The van der Waals surface area contributed by atoms with E-state index in [4.69, 9.17) is 4.74 Å². The highest BCUT2D eigenvalue weighted by atomic mass is 19.1. The number of hydrogen-bond acceptors (Lipinski definition) is 3. The zero-order chi connectivity index (χ0) is 28.7. The van der Waals surface area contributed by atoms with E-state index >= 15 is 0 Å². The van der Waals surface area contributed by atoms with Gasteiger partial charge in [0, 0.05) is 18.3 Å². The van der Waals surface area contributed by atoms with Gasteiger partial charge in [-0.3, -0.25) is 0 Å². The van der Waals surface area contributed by atoms with Crippen LogP contribution < -0.4 is 10.1 Å². The zero-order valence-corrected chi connectivity index (χ0v) is 24.2. The highest BCUT2D eigenvalue weighted by molar-refractivity contribution is 5.93. The van der Waals surface area contributed by atoms with E-state index < -0.39 is 12.3 Å². The van der Waals surface area contributed by atoms with Crippen LogP contribution in [0.4, 0.5) is 4.39 Å². The van der Waals surface area contributed by atoms with Crippen molar-refractivity contribution in [3.05, 3.63) is 94.7 Å². The average Bonchev–Trinajstić information content (AvgIpc) is 2.92. The SMILES string of the molecule is C=C(N/C(C)=C(C(=O)O)/C(=C\C)C1CCc2ccccc2C1)c1ccc(OC(C)F)cc1.CC.CCCC. The summed E-state index contributed by atoms with van der Waals surface area (Å²) in [6, 6.07) is 15.2.